The largest absolute Gasteiger partial charge is 0.392 e. The van der Waals surface area contributed by atoms with Crippen LogP contribution in [-0.2, 0) is 6.42 Å². The third-order valence-electron chi connectivity index (χ3n) is 5.33. The molecule has 0 aliphatic heterocycles. The number of nitrogens with zero attached hydrogens (tertiary/aromatic N) is 1. The number of hydrogen-bond donors (Lipinski definition) is 1. The van der Waals surface area contributed by atoms with Crippen LogP contribution in [0.2, 0.25) is 0 Å². The van der Waals surface area contributed by atoms with Crippen molar-refractivity contribution in [2.24, 2.45) is 17.8 Å². The molecule has 3 rings (SSSR count). The fraction of sp³-hybridized carbons (Fsp3) is 0.706. The molecule has 0 amide bonds. The van der Waals surface area contributed by atoms with Crippen LogP contribution in [-0.4, -0.2) is 16.2 Å². The first-order valence-corrected chi connectivity index (χ1v) is 8.79. The van der Waals surface area contributed by atoms with Crippen molar-refractivity contribution in [3.8, 4) is 0 Å². The molecule has 4 unspecified atom stereocenters. The second kappa shape index (κ2) is 6.57. The first-order chi connectivity index (χ1) is 9.72. The standard InChI is InChI=1S/C17H24BrNO/c18-16-7-12(10-19-11-16)8-17(20)15-6-5-13-3-1-2-4-14(13)9-15/h7,10-11,13-15,17,20H,1-6,8-9H2. The fourth-order valence-corrected chi connectivity index (χ4v) is 4.65. The lowest BCUT2D eigenvalue weighted by Crippen LogP contribution is -2.34. The molecule has 2 nitrogen and oxygen atoms in total. The van der Waals surface area contributed by atoms with E-state index in [1.165, 1.54) is 44.9 Å². The van der Waals surface area contributed by atoms with Crippen LogP contribution >= 0.6 is 15.9 Å². The van der Waals surface area contributed by atoms with Gasteiger partial charge >= 0.3 is 0 Å². The molecule has 110 valence electrons. The number of fused-ring (bicyclic) bond motifs is 1. The minimum absolute atomic E-state index is 0.200. The van der Waals surface area contributed by atoms with Crippen LogP contribution < -0.4 is 0 Å². The van der Waals surface area contributed by atoms with E-state index in [0.29, 0.717) is 5.92 Å². The van der Waals surface area contributed by atoms with Crippen LogP contribution in [0, 0.1) is 17.8 Å². The van der Waals surface area contributed by atoms with Crippen molar-refractivity contribution in [3.05, 3.63) is 28.5 Å². The Labute approximate surface area is 130 Å². The highest BCUT2D eigenvalue weighted by Crippen LogP contribution is 2.43. The molecule has 2 aliphatic rings. The van der Waals surface area contributed by atoms with Crippen LogP contribution in [0.1, 0.15) is 50.5 Å². The summed E-state index contributed by atoms with van der Waals surface area (Å²) < 4.78 is 0.998. The number of aromatic nitrogens is 1. The minimum atomic E-state index is -0.200. The van der Waals surface area contributed by atoms with Crippen molar-refractivity contribution in [1.82, 2.24) is 4.98 Å². The lowest BCUT2D eigenvalue weighted by Gasteiger charge is -2.40. The summed E-state index contributed by atoms with van der Waals surface area (Å²) in [5, 5.41) is 10.6. The molecule has 4 atom stereocenters. The first kappa shape index (κ1) is 14.5. The van der Waals surface area contributed by atoms with Gasteiger partial charge in [0.25, 0.3) is 0 Å². The number of aliphatic hydroxyl groups is 1. The summed E-state index contributed by atoms with van der Waals surface area (Å²) in [4.78, 5) is 4.19. The fourth-order valence-electron chi connectivity index (χ4n) is 4.23. The van der Waals surface area contributed by atoms with Gasteiger partial charge in [-0.2, -0.15) is 0 Å². The molecule has 3 heteroatoms. The van der Waals surface area contributed by atoms with E-state index in [1.807, 2.05) is 6.20 Å². The molecule has 0 saturated heterocycles. The highest BCUT2D eigenvalue weighted by Gasteiger charge is 2.34. The van der Waals surface area contributed by atoms with E-state index < -0.39 is 0 Å². The van der Waals surface area contributed by atoms with Gasteiger partial charge in [0.1, 0.15) is 0 Å². The Balaban J connectivity index is 1.58. The van der Waals surface area contributed by atoms with Gasteiger partial charge in [-0.05, 0) is 64.6 Å². The van der Waals surface area contributed by atoms with Gasteiger partial charge < -0.3 is 5.11 Å². The predicted molar refractivity (Wildman–Crippen MR) is 84.4 cm³/mol. The molecular weight excluding hydrogens is 314 g/mol. The molecule has 0 aromatic carbocycles. The van der Waals surface area contributed by atoms with Crippen LogP contribution in [0.4, 0.5) is 0 Å². The van der Waals surface area contributed by atoms with E-state index in [-0.39, 0.29) is 6.10 Å². The zero-order valence-corrected chi connectivity index (χ0v) is 13.6. The average molecular weight is 338 g/mol. The van der Waals surface area contributed by atoms with Gasteiger partial charge in [0.15, 0.2) is 0 Å². The van der Waals surface area contributed by atoms with E-state index >= 15 is 0 Å². The van der Waals surface area contributed by atoms with Crippen molar-refractivity contribution in [2.45, 2.75) is 57.5 Å². The predicted octanol–water partition coefficient (Wildman–Crippen LogP) is 4.35. The van der Waals surface area contributed by atoms with Gasteiger partial charge in [-0.25, -0.2) is 0 Å². The Bertz CT molecular complexity index is 450. The monoisotopic (exact) mass is 337 g/mol. The summed E-state index contributed by atoms with van der Waals surface area (Å²) >= 11 is 3.45. The maximum Gasteiger partial charge on any atom is 0.0609 e. The van der Waals surface area contributed by atoms with E-state index in [0.717, 1.165) is 28.3 Å². The van der Waals surface area contributed by atoms with Crippen LogP contribution in [0.3, 0.4) is 0 Å². The van der Waals surface area contributed by atoms with Gasteiger partial charge in [0.2, 0.25) is 0 Å². The molecule has 0 bridgehead atoms. The second-order valence-electron chi connectivity index (χ2n) is 6.66. The van der Waals surface area contributed by atoms with Crippen molar-refractivity contribution in [2.75, 3.05) is 0 Å². The molecular formula is C17H24BrNO. The van der Waals surface area contributed by atoms with Crippen molar-refractivity contribution in [1.29, 1.82) is 0 Å². The Morgan fingerprint density at radius 2 is 1.95 bits per heavy atom. The van der Waals surface area contributed by atoms with Crippen LogP contribution in [0.5, 0.6) is 0 Å². The number of hydrogen-bond acceptors (Lipinski definition) is 2. The summed E-state index contributed by atoms with van der Waals surface area (Å²) in [5.41, 5.74) is 1.14. The smallest absolute Gasteiger partial charge is 0.0609 e. The zero-order chi connectivity index (χ0) is 13.9. The summed E-state index contributed by atoms with van der Waals surface area (Å²) in [5.74, 6) is 2.34. The number of rotatable bonds is 3. The van der Waals surface area contributed by atoms with Crippen molar-refractivity contribution in [3.63, 3.8) is 0 Å². The molecule has 2 aliphatic carbocycles. The maximum absolute atomic E-state index is 10.6. The molecule has 0 radical (unpaired) electrons. The molecule has 2 fully saturated rings. The lowest BCUT2D eigenvalue weighted by atomic mass is 9.66. The number of aliphatic hydroxyl groups excluding tert-OH is 1. The molecule has 1 heterocycles. The summed E-state index contributed by atoms with van der Waals surface area (Å²) in [7, 11) is 0. The van der Waals surface area contributed by atoms with Gasteiger partial charge in [0.05, 0.1) is 6.10 Å². The molecule has 1 N–H and O–H groups in total. The summed E-state index contributed by atoms with van der Waals surface area (Å²) in [6, 6.07) is 2.07. The van der Waals surface area contributed by atoms with Crippen molar-refractivity contribution >= 4 is 15.9 Å². The zero-order valence-electron chi connectivity index (χ0n) is 12.0. The SMILES string of the molecule is OC(Cc1cncc(Br)c1)C1CCC2CCCCC2C1. The normalized spacial score (nSPS) is 31.6. The minimum Gasteiger partial charge on any atom is -0.392 e. The van der Waals surface area contributed by atoms with E-state index in [4.69, 9.17) is 0 Å². The van der Waals surface area contributed by atoms with E-state index in [2.05, 4.69) is 27.0 Å². The van der Waals surface area contributed by atoms with Crippen LogP contribution in [0.15, 0.2) is 22.9 Å². The molecule has 1 aromatic heterocycles. The highest BCUT2D eigenvalue weighted by atomic mass is 79.9. The van der Waals surface area contributed by atoms with Crippen LogP contribution in [0.25, 0.3) is 0 Å². The number of pyridine rings is 1. The number of halogens is 1. The first-order valence-electron chi connectivity index (χ1n) is 8.00. The Kier molecular flexibility index (Phi) is 4.77. The Morgan fingerprint density at radius 3 is 2.75 bits per heavy atom. The summed E-state index contributed by atoms with van der Waals surface area (Å²) in [6.07, 6.45) is 13.7. The van der Waals surface area contributed by atoms with E-state index in [9.17, 15) is 5.11 Å². The van der Waals surface area contributed by atoms with Crippen molar-refractivity contribution < 1.29 is 5.11 Å². The molecule has 1 aromatic rings. The summed E-state index contributed by atoms with van der Waals surface area (Å²) in [6.45, 7) is 0. The van der Waals surface area contributed by atoms with Gasteiger partial charge in [0, 0.05) is 23.3 Å². The Hall–Kier alpha value is -0.410. The van der Waals surface area contributed by atoms with Gasteiger partial charge in [-0.1, -0.05) is 25.7 Å². The third kappa shape index (κ3) is 3.43. The van der Waals surface area contributed by atoms with E-state index in [1.54, 1.807) is 6.20 Å². The molecule has 20 heavy (non-hydrogen) atoms. The average Bonchev–Trinajstić information content (AvgIpc) is 2.47. The molecule has 0 spiro atoms. The quantitative estimate of drug-likeness (QED) is 0.889. The second-order valence-corrected chi connectivity index (χ2v) is 7.58. The van der Waals surface area contributed by atoms with Gasteiger partial charge in [-0.15, -0.1) is 0 Å². The Morgan fingerprint density at radius 1 is 1.15 bits per heavy atom. The van der Waals surface area contributed by atoms with Gasteiger partial charge in [-0.3, -0.25) is 4.98 Å². The maximum atomic E-state index is 10.6. The topological polar surface area (TPSA) is 33.1 Å². The highest BCUT2D eigenvalue weighted by molar-refractivity contribution is 9.10. The molecule has 2 saturated carbocycles. The lowest BCUT2D eigenvalue weighted by molar-refractivity contribution is 0.0360. The third-order valence-corrected chi connectivity index (χ3v) is 5.76.